The monoisotopic (exact) mass is 321 g/mol. The molecule has 3 nitrogen and oxygen atoms in total. The Hall–Kier alpha value is -1.78. The van der Waals surface area contributed by atoms with Gasteiger partial charge in [0.15, 0.2) is 11.5 Å². The van der Waals surface area contributed by atoms with E-state index in [1.807, 2.05) is 31.2 Å². The predicted molar refractivity (Wildman–Crippen MR) is 89.6 cm³/mol. The molecule has 0 aromatic heterocycles. The van der Waals surface area contributed by atoms with E-state index in [1.54, 1.807) is 18.2 Å². The van der Waals surface area contributed by atoms with Gasteiger partial charge in [0.05, 0.1) is 17.2 Å². The van der Waals surface area contributed by atoms with Gasteiger partial charge in [-0.25, -0.2) is 0 Å². The fourth-order valence-electron chi connectivity index (χ4n) is 1.81. The lowest BCUT2D eigenvalue weighted by molar-refractivity contribution is 0.302. The fourth-order valence-corrected chi connectivity index (χ4v) is 2.35. The third-order valence-electron chi connectivity index (χ3n) is 2.75. The molecule has 2 aromatic carbocycles. The molecular formula is C16H16ClNO2S. The molecule has 0 fully saturated rings. The largest absolute Gasteiger partial charge is 0.490 e. The summed E-state index contributed by atoms with van der Waals surface area (Å²) in [4.78, 5) is 0.197. The SMILES string of the molecule is CCCOc1ccccc1Oc1cccc(Cl)c1C(N)=S. The van der Waals surface area contributed by atoms with Crippen LogP contribution in [0.4, 0.5) is 0 Å². The Morgan fingerprint density at radius 3 is 2.43 bits per heavy atom. The molecule has 0 aliphatic rings. The number of rotatable bonds is 6. The van der Waals surface area contributed by atoms with Crippen LogP contribution >= 0.6 is 23.8 Å². The average Bonchev–Trinajstić information content (AvgIpc) is 2.46. The fraction of sp³-hybridized carbons (Fsp3) is 0.188. The van der Waals surface area contributed by atoms with Crippen LogP contribution in [-0.4, -0.2) is 11.6 Å². The molecule has 2 rings (SSSR count). The zero-order valence-electron chi connectivity index (χ0n) is 11.6. The number of ether oxygens (including phenoxy) is 2. The van der Waals surface area contributed by atoms with Gasteiger partial charge in [-0.05, 0) is 30.7 Å². The van der Waals surface area contributed by atoms with Crippen LogP contribution in [0.3, 0.4) is 0 Å². The number of halogens is 1. The van der Waals surface area contributed by atoms with Crippen molar-refractivity contribution in [2.45, 2.75) is 13.3 Å². The van der Waals surface area contributed by atoms with Gasteiger partial charge in [0.1, 0.15) is 10.7 Å². The van der Waals surface area contributed by atoms with E-state index in [1.165, 1.54) is 0 Å². The van der Waals surface area contributed by atoms with Crippen LogP contribution in [0.5, 0.6) is 17.2 Å². The highest BCUT2D eigenvalue weighted by Crippen LogP contribution is 2.35. The molecule has 110 valence electrons. The van der Waals surface area contributed by atoms with E-state index in [2.05, 4.69) is 0 Å². The van der Waals surface area contributed by atoms with Gasteiger partial charge in [0.25, 0.3) is 0 Å². The number of para-hydroxylation sites is 2. The number of benzene rings is 2. The van der Waals surface area contributed by atoms with Crippen molar-refractivity contribution in [3.63, 3.8) is 0 Å². The van der Waals surface area contributed by atoms with Crippen LogP contribution in [0.1, 0.15) is 18.9 Å². The Balaban J connectivity index is 2.35. The maximum Gasteiger partial charge on any atom is 0.169 e. The maximum atomic E-state index is 6.14. The zero-order chi connectivity index (χ0) is 15.2. The molecule has 0 unspecified atom stereocenters. The number of hydrogen-bond acceptors (Lipinski definition) is 3. The average molecular weight is 322 g/mol. The molecule has 0 atom stereocenters. The Morgan fingerprint density at radius 2 is 1.76 bits per heavy atom. The summed E-state index contributed by atoms with van der Waals surface area (Å²) in [7, 11) is 0. The smallest absolute Gasteiger partial charge is 0.169 e. The van der Waals surface area contributed by atoms with Crippen LogP contribution < -0.4 is 15.2 Å². The Morgan fingerprint density at radius 1 is 1.10 bits per heavy atom. The second-order valence-corrected chi connectivity index (χ2v) is 5.22. The van der Waals surface area contributed by atoms with Gasteiger partial charge in [0.2, 0.25) is 0 Å². The topological polar surface area (TPSA) is 44.5 Å². The van der Waals surface area contributed by atoms with E-state index in [-0.39, 0.29) is 4.99 Å². The van der Waals surface area contributed by atoms with Crippen LogP contribution in [-0.2, 0) is 0 Å². The van der Waals surface area contributed by atoms with Crippen molar-refractivity contribution < 1.29 is 9.47 Å². The number of thiocarbonyl (C=S) groups is 1. The highest BCUT2D eigenvalue weighted by Gasteiger charge is 2.13. The van der Waals surface area contributed by atoms with E-state index in [9.17, 15) is 0 Å². The number of hydrogen-bond donors (Lipinski definition) is 1. The highest BCUT2D eigenvalue weighted by molar-refractivity contribution is 7.80. The molecule has 0 aliphatic heterocycles. The van der Waals surface area contributed by atoms with Gasteiger partial charge in [0, 0.05) is 0 Å². The van der Waals surface area contributed by atoms with Crippen LogP contribution in [0.15, 0.2) is 42.5 Å². The summed E-state index contributed by atoms with van der Waals surface area (Å²) in [6.07, 6.45) is 0.920. The van der Waals surface area contributed by atoms with Crippen molar-refractivity contribution in [2.24, 2.45) is 5.73 Å². The minimum atomic E-state index is 0.197. The maximum absolute atomic E-state index is 6.14. The molecule has 2 N–H and O–H groups in total. The molecular weight excluding hydrogens is 306 g/mol. The van der Waals surface area contributed by atoms with Crippen LogP contribution in [0.25, 0.3) is 0 Å². The predicted octanol–water partition coefficient (Wildman–Crippen LogP) is 4.56. The standard InChI is InChI=1S/C16H16ClNO2S/c1-2-10-19-12-7-3-4-8-13(12)20-14-9-5-6-11(17)15(14)16(18)21/h3-9H,2,10H2,1H3,(H2,18,21). The molecule has 21 heavy (non-hydrogen) atoms. The first-order valence-electron chi connectivity index (χ1n) is 6.61. The molecule has 0 spiro atoms. The van der Waals surface area contributed by atoms with Crippen LogP contribution in [0, 0.1) is 0 Å². The minimum Gasteiger partial charge on any atom is -0.490 e. The molecule has 0 bridgehead atoms. The van der Waals surface area contributed by atoms with Crippen molar-refractivity contribution in [2.75, 3.05) is 6.61 Å². The van der Waals surface area contributed by atoms with Gasteiger partial charge >= 0.3 is 0 Å². The third kappa shape index (κ3) is 3.86. The molecule has 0 heterocycles. The van der Waals surface area contributed by atoms with Crippen LogP contribution in [0.2, 0.25) is 5.02 Å². The highest BCUT2D eigenvalue weighted by atomic mass is 35.5. The molecule has 0 saturated heterocycles. The molecule has 0 amide bonds. The third-order valence-corrected chi connectivity index (χ3v) is 3.27. The lowest BCUT2D eigenvalue weighted by atomic mass is 10.2. The normalized spacial score (nSPS) is 10.2. The summed E-state index contributed by atoms with van der Waals surface area (Å²) < 4.78 is 11.6. The van der Waals surface area contributed by atoms with Crippen molar-refractivity contribution in [1.29, 1.82) is 0 Å². The van der Waals surface area contributed by atoms with Gasteiger partial charge in [-0.15, -0.1) is 0 Å². The van der Waals surface area contributed by atoms with Crippen molar-refractivity contribution in [1.82, 2.24) is 0 Å². The molecule has 0 aliphatic carbocycles. The van der Waals surface area contributed by atoms with E-state index < -0.39 is 0 Å². The second kappa shape index (κ2) is 7.29. The van der Waals surface area contributed by atoms with E-state index in [4.69, 9.17) is 39.0 Å². The lowest BCUT2D eigenvalue weighted by Crippen LogP contribution is -2.11. The Bertz CT molecular complexity index is 646. The molecule has 0 saturated carbocycles. The van der Waals surface area contributed by atoms with Gasteiger partial charge in [-0.3, -0.25) is 0 Å². The van der Waals surface area contributed by atoms with Gasteiger partial charge < -0.3 is 15.2 Å². The van der Waals surface area contributed by atoms with Crippen molar-refractivity contribution in [3.05, 3.63) is 53.1 Å². The van der Waals surface area contributed by atoms with Gasteiger partial charge in [-0.1, -0.05) is 48.9 Å². The summed E-state index contributed by atoms with van der Waals surface area (Å²) in [6.45, 7) is 2.67. The number of nitrogens with two attached hydrogens (primary N) is 1. The summed E-state index contributed by atoms with van der Waals surface area (Å²) in [5.41, 5.74) is 6.25. The first-order valence-corrected chi connectivity index (χ1v) is 7.40. The summed E-state index contributed by atoms with van der Waals surface area (Å²) in [5, 5.41) is 0.465. The molecule has 5 heteroatoms. The molecule has 0 radical (unpaired) electrons. The summed E-state index contributed by atoms with van der Waals surface area (Å²) in [6, 6.07) is 12.7. The summed E-state index contributed by atoms with van der Waals surface area (Å²) in [5.74, 6) is 1.79. The van der Waals surface area contributed by atoms with Gasteiger partial charge in [-0.2, -0.15) is 0 Å². The Kier molecular flexibility index (Phi) is 5.42. The minimum absolute atomic E-state index is 0.197. The van der Waals surface area contributed by atoms with Crippen molar-refractivity contribution >= 4 is 28.8 Å². The molecule has 2 aromatic rings. The second-order valence-electron chi connectivity index (χ2n) is 4.37. The van der Waals surface area contributed by atoms with Crippen molar-refractivity contribution in [3.8, 4) is 17.2 Å². The lowest BCUT2D eigenvalue weighted by Gasteiger charge is -2.14. The quantitative estimate of drug-likeness (QED) is 0.792. The van der Waals surface area contributed by atoms with E-state index >= 15 is 0 Å². The Labute approximate surface area is 134 Å². The first kappa shape index (κ1) is 15.6. The zero-order valence-corrected chi connectivity index (χ0v) is 13.2. The van der Waals surface area contributed by atoms with E-state index in [0.717, 1.165) is 6.42 Å². The summed E-state index contributed by atoms with van der Waals surface area (Å²) >= 11 is 11.2. The first-order chi connectivity index (χ1) is 10.1. The van der Waals surface area contributed by atoms with E-state index in [0.29, 0.717) is 34.4 Å².